The number of fused-ring (bicyclic) bond motifs is 1. The Balaban J connectivity index is 1.42. The van der Waals surface area contributed by atoms with Gasteiger partial charge in [-0.3, -0.25) is 4.79 Å². The summed E-state index contributed by atoms with van der Waals surface area (Å²) < 4.78 is 13.5. The largest absolute Gasteiger partial charge is 0.484 e. The topological polar surface area (TPSA) is 64.4 Å². The fraction of sp³-hybridized carbons (Fsp3) is 0.200. The van der Waals surface area contributed by atoms with Crippen LogP contribution in [0.3, 0.4) is 0 Å². The minimum Gasteiger partial charge on any atom is -0.484 e. The molecule has 0 aliphatic carbocycles. The van der Waals surface area contributed by atoms with Gasteiger partial charge in [-0.25, -0.2) is 4.98 Å². The molecule has 1 heterocycles. The SMILES string of the molecule is CC(C)(C)c1ccc(OCC(=O)Nc2ccc3oc(-c4cc(I)ccc4Br)nc3c2)cc1. The zero-order valence-electron chi connectivity index (χ0n) is 17.9. The number of anilines is 1. The molecule has 0 fully saturated rings. The van der Waals surface area contributed by atoms with Crippen molar-refractivity contribution in [2.24, 2.45) is 0 Å². The van der Waals surface area contributed by atoms with Gasteiger partial charge in [0.05, 0.1) is 5.56 Å². The molecule has 1 N–H and O–H groups in total. The number of carbonyl (C=O) groups is 1. The van der Waals surface area contributed by atoms with Crippen molar-refractivity contribution in [2.75, 3.05) is 11.9 Å². The Hall–Kier alpha value is -2.39. The number of hydrogen-bond donors (Lipinski definition) is 1. The first-order valence-electron chi connectivity index (χ1n) is 10.1. The van der Waals surface area contributed by atoms with Gasteiger partial charge in [-0.1, -0.05) is 32.9 Å². The maximum Gasteiger partial charge on any atom is 0.262 e. The van der Waals surface area contributed by atoms with Gasteiger partial charge in [-0.15, -0.1) is 0 Å². The molecule has 0 saturated heterocycles. The molecule has 0 bridgehead atoms. The van der Waals surface area contributed by atoms with Crippen molar-refractivity contribution in [3.05, 3.63) is 74.3 Å². The van der Waals surface area contributed by atoms with Crippen molar-refractivity contribution >= 4 is 61.2 Å². The van der Waals surface area contributed by atoms with Crippen LogP contribution in [-0.4, -0.2) is 17.5 Å². The Morgan fingerprint density at radius 2 is 1.84 bits per heavy atom. The lowest BCUT2D eigenvalue weighted by Gasteiger charge is -2.19. The zero-order valence-corrected chi connectivity index (χ0v) is 21.7. The van der Waals surface area contributed by atoms with E-state index >= 15 is 0 Å². The average Bonchev–Trinajstić information content (AvgIpc) is 3.17. The number of benzene rings is 3. The third kappa shape index (κ3) is 5.32. The Morgan fingerprint density at radius 1 is 1.09 bits per heavy atom. The molecule has 1 aromatic heterocycles. The van der Waals surface area contributed by atoms with Crippen LogP contribution in [0.4, 0.5) is 5.69 Å². The highest BCUT2D eigenvalue weighted by molar-refractivity contribution is 14.1. The fourth-order valence-corrected chi connectivity index (χ4v) is 4.09. The van der Waals surface area contributed by atoms with E-state index in [-0.39, 0.29) is 17.9 Å². The van der Waals surface area contributed by atoms with Crippen LogP contribution in [0.25, 0.3) is 22.6 Å². The normalized spacial score (nSPS) is 11.5. The van der Waals surface area contributed by atoms with E-state index in [0.29, 0.717) is 28.4 Å². The third-order valence-electron chi connectivity index (χ3n) is 4.92. The lowest BCUT2D eigenvalue weighted by molar-refractivity contribution is -0.118. The van der Waals surface area contributed by atoms with E-state index < -0.39 is 0 Å². The summed E-state index contributed by atoms with van der Waals surface area (Å²) in [4.78, 5) is 17.0. The van der Waals surface area contributed by atoms with Crippen LogP contribution in [0, 0.1) is 3.57 Å². The smallest absolute Gasteiger partial charge is 0.262 e. The van der Waals surface area contributed by atoms with Gasteiger partial charge in [0.15, 0.2) is 12.2 Å². The first-order valence-corrected chi connectivity index (χ1v) is 12.0. The monoisotopic (exact) mass is 604 g/mol. The molecular formula is C25H22BrIN2O3. The molecule has 0 saturated carbocycles. The predicted molar refractivity (Wildman–Crippen MR) is 139 cm³/mol. The molecular weight excluding hydrogens is 583 g/mol. The molecule has 4 rings (SSSR count). The van der Waals surface area contributed by atoms with Crippen molar-refractivity contribution in [3.63, 3.8) is 0 Å². The molecule has 0 aliphatic heterocycles. The number of oxazole rings is 1. The van der Waals surface area contributed by atoms with Crippen molar-refractivity contribution in [3.8, 4) is 17.2 Å². The van der Waals surface area contributed by atoms with Crippen LogP contribution in [0.1, 0.15) is 26.3 Å². The Kier molecular flexibility index (Phi) is 6.57. The molecule has 0 atom stereocenters. The number of ether oxygens (including phenoxy) is 1. The molecule has 7 heteroatoms. The third-order valence-corrected chi connectivity index (χ3v) is 6.28. The van der Waals surface area contributed by atoms with Crippen LogP contribution >= 0.6 is 38.5 Å². The molecule has 0 unspecified atom stereocenters. The Bertz CT molecular complexity index is 1280. The maximum absolute atomic E-state index is 12.4. The Labute approximate surface area is 208 Å². The second-order valence-corrected chi connectivity index (χ2v) is 10.5. The Morgan fingerprint density at radius 3 is 2.56 bits per heavy atom. The summed E-state index contributed by atoms with van der Waals surface area (Å²) in [6.45, 7) is 6.39. The summed E-state index contributed by atoms with van der Waals surface area (Å²) in [5.41, 5.74) is 4.12. The van der Waals surface area contributed by atoms with E-state index in [2.05, 4.69) is 69.6 Å². The number of amides is 1. The summed E-state index contributed by atoms with van der Waals surface area (Å²) >= 11 is 5.80. The number of halogens is 2. The van der Waals surface area contributed by atoms with Crippen LogP contribution in [0.2, 0.25) is 0 Å². The number of hydrogen-bond acceptors (Lipinski definition) is 4. The maximum atomic E-state index is 12.4. The second kappa shape index (κ2) is 9.23. The zero-order chi connectivity index (χ0) is 22.9. The minimum absolute atomic E-state index is 0.0740. The molecule has 5 nitrogen and oxygen atoms in total. The van der Waals surface area contributed by atoms with Crippen LogP contribution in [-0.2, 0) is 10.2 Å². The van der Waals surface area contributed by atoms with Crippen molar-refractivity contribution in [1.29, 1.82) is 0 Å². The van der Waals surface area contributed by atoms with E-state index in [0.717, 1.165) is 13.6 Å². The molecule has 0 radical (unpaired) electrons. The van der Waals surface area contributed by atoms with Gasteiger partial charge >= 0.3 is 0 Å². The van der Waals surface area contributed by atoms with Crippen molar-refractivity contribution < 1.29 is 13.9 Å². The first-order chi connectivity index (χ1) is 15.2. The highest BCUT2D eigenvalue weighted by Gasteiger charge is 2.14. The average molecular weight is 605 g/mol. The van der Waals surface area contributed by atoms with E-state index in [9.17, 15) is 4.79 Å². The molecule has 164 valence electrons. The quantitative estimate of drug-likeness (QED) is 0.245. The van der Waals surface area contributed by atoms with Crippen LogP contribution in [0.5, 0.6) is 5.75 Å². The summed E-state index contributed by atoms with van der Waals surface area (Å²) in [5.74, 6) is 0.942. The van der Waals surface area contributed by atoms with Gasteiger partial charge in [0.2, 0.25) is 5.89 Å². The molecule has 3 aromatic carbocycles. The standard InChI is InChI=1S/C25H22BrIN2O3/c1-25(2,3)15-4-8-18(9-5-15)31-14-23(30)28-17-7-11-22-21(13-17)29-24(32-22)19-12-16(27)6-10-20(19)26/h4-13H,14H2,1-3H3,(H,28,30). The lowest BCUT2D eigenvalue weighted by Crippen LogP contribution is -2.20. The molecule has 32 heavy (non-hydrogen) atoms. The van der Waals surface area contributed by atoms with E-state index in [1.807, 2.05) is 42.5 Å². The van der Waals surface area contributed by atoms with Crippen LogP contribution < -0.4 is 10.1 Å². The molecule has 0 spiro atoms. The summed E-state index contributed by atoms with van der Waals surface area (Å²) in [7, 11) is 0. The molecule has 0 aliphatic rings. The van der Waals surface area contributed by atoms with Gasteiger partial charge in [0.1, 0.15) is 11.3 Å². The summed E-state index contributed by atoms with van der Waals surface area (Å²) in [5, 5.41) is 2.85. The van der Waals surface area contributed by atoms with Gasteiger partial charge in [0.25, 0.3) is 5.91 Å². The lowest BCUT2D eigenvalue weighted by atomic mass is 9.87. The van der Waals surface area contributed by atoms with Gasteiger partial charge in [-0.2, -0.15) is 0 Å². The highest BCUT2D eigenvalue weighted by Crippen LogP contribution is 2.32. The summed E-state index contributed by atoms with van der Waals surface area (Å²) in [6, 6.07) is 19.2. The molecule has 1 amide bonds. The predicted octanol–water partition coefficient (Wildman–Crippen LogP) is 7.18. The number of aromatic nitrogens is 1. The van der Waals surface area contributed by atoms with E-state index in [1.54, 1.807) is 18.2 Å². The van der Waals surface area contributed by atoms with Gasteiger partial charge < -0.3 is 14.5 Å². The second-order valence-electron chi connectivity index (χ2n) is 8.44. The highest BCUT2D eigenvalue weighted by atomic mass is 127. The van der Waals surface area contributed by atoms with Crippen molar-refractivity contribution in [2.45, 2.75) is 26.2 Å². The van der Waals surface area contributed by atoms with E-state index in [4.69, 9.17) is 9.15 Å². The van der Waals surface area contributed by atoms with E-state index in [1.165, 1.54) is 5.56 Å². The summed E-state index contributed by atoms with van der Waals surface area (Å²) in [6.07, 6.45) is 0. The number of carbonyl (C=O) groups excluding carboxylic acids is 1. The number of rotatable bonds is 5. The molecule has 4 aromatic rings. The fourth-order valence-electron chi connectivity index (χ4n) is 3.18. The minimum atomic E-state index is -0.242. The van der Waals surface area contributed by atoms with Crippen molar-refractivity contribution in [1.82, 2.24) is 4.98 Å². The number of nitrogens with zero attached hydrogens (tertiary/aromatic N) is 1. The number of nitrogens with one attached hydrogen (secondary N) is 1. The van der Waals surface area contributed by atoms with Gasteiger partial charge in [-0.05, 0) is 98.0 Å². The first kappa shape index (κ1) is 22.8. The van der Waals surface area contributed by atoms with Gasteiger partial charge in [0, 0.05) is 13.7 Å². The van der Waals surface area contributed by atoms with Crippen LogP contribution in [0.15, 0.2) is 69.6 Å².